The molecule has 0 aliphatic heterocycles. The van der Waals surface area contributed by atoms with Crippen LogP contribution in [0.1, 0.15) is 32.3 Å². The molecule has 6 heteroatoms. The largest absolute Gasteiger partial charge is 0.598 e. The Balaban J connectivity index is 3.04. The van der Waals surface area contributed by atoms with E-state index in [1.165, 1.54) is 0 Å². The van der Waals surface area contributed by atoms with Gasteiger partial charge in [0.05, 0.1) is 0 Å². The van der Waals surface area contributed by atoms with Crippen molar-refractivity contribution < 1.29 is 14.5 Å². The Morgan fingerprint density at radius 1 is 1.43 bits per heavy atom. The van der Waals surface area contributed by atoms with Crippen molar-refractivity contribution >= 4 is 33.3 Å². The first-order valence-corrected chi connectivity index (χ1v) is 8.40. The van der Waals surface area contributed by atoms with Gasteiger partial charge in [-0.1, -0.05) is 34.1 Å². The topological polar surface area (TPSA) is 72.4 Å². The van der Waals surface area contributed by atoms with Gasteiger partial charge in [-0.15, -0.1) is 11.3 Å². The molecule has 116 valence electrons. The molecular weight excluding hydrogens is 354 g/mol. The molecule has 0 fully saturated rings. The van der Waals surface area contributed by atoms with Crippen LogP contribution in [-0.2, 0) is 16.2 Å². The van der Waals surface area contributed by atoms with E-state index in [9.17, 15) is 14.5 Å². The molecule has 0 amide bonds. The number of hydrogen-bond acceptors (Lipinski definition) is 3. The van der Waals surface area contributed by atoms with E-state index in [4.69, 9.17) is 0 Å². The number of halogens is 1. The lowest BCUT2D eigenvalue weighted by atomic mass is 9.92. The maximum absolute atomic E-state index is 12.2. The fourth-order valence-electron chi connectivity index (χ4n) is 1.72. The number of carboxylic acids is 1. The highest BCUT2D eigenvalue weighted by Crippen LogP contribution is 2.25. The van der Waals surface area contributed by atoms with Crippen molar-refractivity contribution in [1.29, 1.82) is 0 Å². The highest BCUT2D eigenvalue weighted by atomic mass is 79.9. The lowest BCUT2D eigenvalue weighted by Gasteiger charge is -2.29. The third-order valence-corrected chi connectivity index (χ3v) is 5.03. The maximum Gasteiger partial charge on any atom is 0.326 e. The van der Waals surface area contributed by atoms with Crippen molar-refractivity contribution in [2.24, 2.45) is 0 Å². The SMILES string of the molecule is C=C[C@@H](c1ccc(Br)cc1)[C@H](N[S@@+]([O-])C(C)(C)C)C(=O)O. The first kappa shape index (κ1) is 18.2. The normalized spacial score (nSPS) is 16.0. The Morgan fingerprint density at radius 3 is 2.33 bits per heavy atom. The molecule has 1 rings (SSSR count). The summed E-state index contributed by atoms with van der Waals surface area (Å²) in [5.41, 5.74) is 0.805. The molecule has 1 aromatic rings. The molecule has 2 N–H and O–H groups in total. The standard InChI is InChI=1S/C15H20BrNO3S/c1-5-12(10-6-8-11(16)9-7-10)13(14(18)19)17-21(20)15(2,3)4/h5-9,12-13,17H,1H2,2-4H3,(H,18,19)/t12-,13-,21-/m0/s1. The minimum atomic E-state index is -1.48. The molecule has 4 nitrogen and oxygen atoms in total. The van der Waals surface area contributed by atoms with Crippen LogP contribution in [0.15, 0.2) is 41.4 Å². The minimum absolute atomic E-state index is 0.470. The van der Waals surface area contributed by atoms with Crippen molar-refractivity contribution in [2.45, 2.75) is 37.5 Å². The van der Waals surface area contributed by atoms with Gasteiger partial charge in [0.15, 0.2) is 6.04 Å². The summed E-state index contributed by atoms with van der Waals surface area (Å²) in [7, 11) is 0. The molecule has 0 saturated carbocycles. The molecule has 0 aliphatic carbocycles. The molecule has 0 bridgehead atoms. The Hall–Kier alpha value is -0.820. The second-order valence-electron chi connectivity index (χ2n) is 5.63. The zero-order valence-corrected chi connectivity index (χ0v) is 14.7. The van der Waals surface area contributed by atoms with Gasteiger partial charge in [-0.25, -0.2) is 0 Å². The van der Waals surface area contributed by atoms with Gasteiger partial charge >= 0.3 is 5.97 Å². The van der Waals surface area contributed by atoms with Gasteiger partial charge in [0.1, 0.15) is 4.75 Å². The molecule has 0 spiro atoms. The summed E-state index contributed by atoms with van der Waals surface area (Å²) in [6, 6.07) is 6.34. The van der Waals surface area contributed by atoms with E-state index in [-0.39, 0.29) is 0 Å². The van der Waals surface area contributed by atoms with Gasteiger partial charge in [-0.2, -0.15) is 0 Å². The second-order valence-corrected chi connectivity index (χ2v) is 8.54. The van der Waals surface area contributed by atoms with Crippen molar-refractivity contribution in [3.8, 4) is 0 Å². The van der Waals surface area contributed by atoms with Crippen LogP contribution in [0.5, 0.6) is 0 Å². The van der Waals surface area contributed by atoms with Gasteiger partial charge < -0.3 is 9.66 Å². The number of nitrogens with one attached hydrogen (secondary N) is 1. The number of benzene rings is 1. The summed E-state index contributed by atoms with van der Waals surface area (Å²) >= 11 is 1.87. The van der Waals surface area contributed by atoms with Crippen molar-refractivity contribution in [3.63, 3.8) is 0 Å². The number of carbonyl (C=O) groups is 1. The molecule has 0 aliphatic rings. The fraction of sp³-hybridized carbons (Fsp3) is 0.400. The van der Waals surface area contributed by atoms with Crippen molar-refractivity contribution in [3.05, 3.63) is 47.0 Å². The molecule has 0 saturated heterocycles. The third-order valence-electron chi connectivity index (χ3n) is 2.92. The van der Waals surface area contributed by atoms with E-state index in [2.05, 4.69) is 27.2 Å². The van der Waals surface area contributed by atoms with Crippen LogP contribution >= 0.6 is 15.9 Å². The quantitative estimate of drug-likeness (QED) is 0.592. The zero-order valence-electron chi connectivity index (χ0n) is 12.3. The van der Waals surface area contributed by atoms with Gasteiger partial charge in [0.2, 0.25) is 0 Å². The average Bonchev–Trinajstić information content (AvgIpc) is 2.38. The Bertz CT molecular complexity index is 499. The van der Waals surface area contributed by atoms with Crippen LogP contribution in [0, 0.1) is 0 Å². The lowest BCUT2D eigenvalue weighted by molar-refractivity contribution is -0.139. The summed E-state index contributed by atoms with van der Waals surface area (Å²) in [4.78, 5) is 11.5. The van der Waals surface area contributed by atoms with E-state index in [1.807, 2.05) is 24.3 Å². The molecule has 21 heavy (non-hydrogen) atoms. The van der Waals surface area contributed by atoms with E-state index in [1.54, 1.807) is 26.8 Å². The Kier molecular flexibility index (Phi) is 6.46. The summed E-state index contributed by atoms with van der Waals surface area (Å²) < 4.78 is 15.3. The second kappa shape index (κ2) is 7.45. The van der Waals surface area contributed by atoms with Crippen LogP contribution in [-0.4, -0.2) is 26.4 Å². The Morgan fingerprint density at radius 2 is 1.95 bits per heavy atom. The molecular formula is C15H20BrNO3S. The highest BCUT2D eigenvalue weighted by molar-refractivity contribution is 9.10. The number of carboxylic acid groups (broad SMARTS) is 1. The van der Waals surface area contributed by atoms with Crippen molar-refractivity contribution in [1.82, 2.24) is 4.72 Å². The van der Waals surface area contributed by atoms with Crippen LogP contribution < -0.4 is 4.72 Å². The number of aliphatic carboxylic acids is 1. The monoisotopic (exact) mass is 373 g/mol. The smallest absolute Gasteiger partial charge is 0.326 e. The predicted octanol–water partition coefficient (Wildman–Crippen LogP) is 3.22. The van der Waals surface area contributed by atoms with Crippen LogP contribution in [0.2, 0.25) is 0 Å². The van der Waals surface area contributed by atoms with E-state index < -0.39 is 34.0 Å². The van der Waals surface area contributed by atoms with Gasteiger partial charge in [0, 0.05) is 21.8 Å². The van der Waals surface area contributed by atoms with E-state index in [0.717, 1.165) is 10.0 Å². The summed E-state index contributed by atoms with van der Waals surface area (Å²) in [6.07, 6.45) is 1.56. The van der Waals surface area contributed by atoms with Crippen molar-refractivity contribution in [2.75, 3.05) is 0 Å². The summed E-state index contributed by atoms with van der Waals surface area (Å²) in [6.45, 7) is 9.09. The molecule has 0 aromatic heterocycles. The molecule has 0 radical (unpaired) electrons. The lowest BCUT2D eigenvalue weighted by Crippen LogP contribution is -2.50. The molecule has 0 heterocycles. The summed E-state index contributed by atoms with van der Waals surface area (Å²) in [5.74, 6) is -1.53. The summed E-state index contributed by atoms with van der Waals surface area (Å²) in [5, 5.41) is 9.45. The van der Waals surface area contributed by atoms with E-state index in [0.29, 0.717) is 0 Å². The maximum atomic E-state index is 12.2. The fourth-order valence-corrected chi connectivity index (χ4v) is 2.81. The zero-order chi connectivity index (χ0) is 16.2. The number of hydrogen-bond donors (Lipinski definition) is 2. The predicted molar refractivity (Wildman–Crippen MR) is 89.5 cm³/mol. The number of rotatable bonds is 6. The van der Waals surface area contributed by atoms with Crippen LogP contribution in [0.4, 0.5) is 0 Å². The molecule has 0 unspecified atom stereocenters. The van der Waals surface area contributed by atoms with E-state index >= 15 is 0 Å². The first-order chi connectivity index (χ1) is 9.66. The van der Waals surface area contributed by atoms with Gasteiger partial charge in [0.25, 0.3) is 0 Å². The van der Waals surface area contributed by atoms with Crippen LogP contribution in [0.25, 0.3) is 0 Å². The average molecular weight is 374 g/mol. The third kappa shape index (κ3) is 5.14. The first-order valence-electron chi connectivity index (χ1n) is 6.45. The van der Waals surface area contributed by atoms with Gasteiger partial charge in [-0.05, 0) is 38.5 Å². The van der Waals surface area contributed by atoms with Gasteiger partial charge in [-0.3, -0.25) is 4.79 Å². The Labute approximate surface area is 137 Å². The molecule has 3 atom stereocenters. The highest BCUT2D eigenvalue weighted by Gasteiger charge is 2.36. The van der Waals surface area contributed by atoms with Crippen LogP contribution in [0.3, 0.4) is 0 Å². The molecule has 1 aromatic carbocycles. The minimum Gasteiger partial charge on any atom is -0.598 e.